The third-order valence-corrected chi connectivity index (χ3v) is 4.36. The first-order chi connectivity index (χ1) is 12.2. The molecule has 0 aliphatic carbocycles. The van der Waals surface area contributed by atoms with E-state index in [1.165, 1.54) is 0 Å². The zero-order valence-corrected chi connectivity index (χ0v) is 17.6. The maximum atomic E-state index is 12.4. The number of halogens is 1. The molecule has 2 aliphatic rings. The Kier molecular flexibility index (Phi) is 8.07. The second-order valence-electron chi connectivity index (χ2n) is 6.22. The van der Waals surface area contributed by atoms with Gasteiger partial charge in [-0.15, -0.1) is 24.0 Å². The van der Waals surface area contributed by atoms with Gasteiger partial charge in [-0.2, -0.15) is 4.98 Å². The molecule has 3 heterocycles. The number of carbonyl (C=O) groups is 1. The van der Waals surface area contributed by atoms with Gasteiger partial charge in [-0.05, 0) is 26.7 Å². The number of nitrogens with one attached hydrogen (secondary N) is 1. The summed E-state index contributed by atoms with van der Waals surface area (Å²) in [7, 11) is 0. The molecule has 2 saturated heterocycles. The standard InChI is InChI=1S/C16H26N6O3.HI/c1-3-17-16(18-11-14-19-12(2)20-25-14)22-8-6-21(7-9-22)15(23)13-5-4-10-24-13;/h13H,3-11H2,1-2H3,(H,17,18);1H. The Labute approximate surface area is 170 Å². The minimum Gasteiger partial charge on any atom is -0.368 e. The quantitative estimate of drug-likeness (QED) is 0.388. The summed E-state index contributed by atoms with van der Waals surface area (Å²) in [5, 5.41) is 7.06. The molecule has 0 aromatic carbocycles. The van der Waals surface area contributed by atoms with Crippen molar-refractivity contribution in [1.82, 2.24) is 25.3 Å². The van der Waals surface area contributed by atoms with Crippen LogP contribution in [0.1, 0.15) is 31.5 Å². The van der Waals surface area contributed by atoms with E-state index >= 15 is 0 Å². The zero-order chi connectivity index (χ0) is 17.6. The summed E-state index contributed by atoms with van der Waals surface area (Å²) < 4.78 is 10.6. The van der Waals surface area contributed by atoms with Gasteiger partial charge in [0.05, 0.1) is 0 Å². The smallest absolute Gasteiger partial charge is 0.251 e. The van der Waals surface area contributed by atoms with Gasteiger partial charge >= 0.3 is 0 Å². The van der Waals surface area contributed by atoms with Gasteiger partial charge in [-0.3, -0.25) is 4.79 Å². The molecule has 1 aromatic heterocycles. The van der Waals surface area contributed by atoms with Crippen LogP contribution in [-0.4, -0.2) is 77.2 Å². The molecule has 0 bridgehead atoms. The Hall–Kier alpha value is -1.43. The Balaban J connectivity index is 0.00000243. The molecule has 10 heteroatoms. The van der Waals surface area contributed by atoms with E-state index in [2.05, 4.69) is 25.3 Å². The fourth-order valence-corrected chi connectivity index (χ4v) is 3.09. The third-order valence-electron chi connectivity index (χ3n) is 4.36. The number of aliphatic imine (C=N–C) groups is 1. The number of guanidine groups is 1. The van der Waals surface area contributed by atoms with Crippen molar-refractivity contribution in [1.29, 1.82) is 0 Å². The van der Waals surface area contributed by atoms with Crippen LogP contribution in [0.4, 0.5) is 0 Å². The Morgan fingerprint density at radius 3 is 2.62 bits per heavy atom. The molecule has 1 atom stereocenters. The van der Waals surface area contributed by atoms with Crippen LogP contribution in [0.2, 0.25) is 0 Å². The normalized spacial score (nSPS) is 20.8. The van der Waals surface area contributed by atoms with Gasteiger partial charge in [0.15, 0.2) is 11.8 Å². The van der Waals surface area contributed by atoms with Gasteiger partial charge in [-0.25, -0.2) is 4.99 Å². The maximum absolute atomic E-state index is 12.4. The molecule has 1 unspecified atom stereocenters. The molecule has 1 N–H and O–H groups in total. The lowest BCUT2D eigenvalue weighted by Crippen LogP contribution is -2.55. The van der Waals surface area contributed by atoms with Crippen molar-refractivity contribution >= 4 is 35.8 Å². The molecule has 26 heavy (non-hydrogen) atoms. The van der Waals surface area contributed by atoms with Crippen LogP contribution in [0.15, 0.2) is 9.52 Å². The maximum Gasteiger partial charge on any atom is 0.251 e. The van der Waals surface area contributed by atoms with Crippen LogP contribution in [-0.2, 0) is 16.1 Å². The van der Waals surface area contributed by atoms with Crippen LogP contribution in [0, 0.1) is 6.92 Å². The highest BCUT2D eigenvalue weighted by molar-refractivity contribution is 14.0. The first kappa shape index (κ1) is 20.9. The van der Waals surface area contributed by atoms with Gasteiger partial charge in [0.2, 0.25) is 5.89 Å². The van der Waals surface area contributed by atoms with Crippen LogP contribution < -0.4 is 5.32 Å². The predicted octanol–water partition coefficient (Wildman–Crippen LogP) is 0.785. The third kappa shape index (κ3) is 5.29. The lowest BCUT2D eigenvalue weighted by Gasteiger charge is -2.37. The second-order valence-corrected chi connectivity index (χ2v) is 6.22. The Morgan fingerprint density at radius 1 is 1.31 bits per heavy atom. The van der Waals surface area contributed by atoms with Crippen molar-refractivity contribution in [2.45, 2.75) is 39.3 Å². The average molecular weight is 478 g/mol. The van der Waals surface area contributed by atoms with Gasteiger partial charge in [-0.1, -0.05) is 5.16 Å². The molecule has 0 spiro atoms. The number of aryl methyl sites for hydroxylation is 1. The topological polar surface area (TPSA) is 96.1 Å². The summed E-state index contributed by atoms with van der Waals surface area (Å²) in [6.07, 6.45) is 1.57. The predicted molar refractivity (Wildman–Crippen MR) is 106 cm³/mol. The van der Waals surface area contributed by atoms with E-state index < -0.39 is 0 Å². The van der Waals surface area contributed by atoms with Crippen molar-refractivity contribution < 1.29 is 14.1 Å². The number of rotatable bonds is 4. The van der Waals surface area contributed by atoms with E-state index in [9.17, 15) is 4.79 Å². The van der Waals surface area contributed by atoms with Gasteiger partial charge < -0.3 is 24.4 Å². The monoisotopic (exact) mass is 478 g/mol. The highest BCUT2D eigenvalue weighted by atomic mass is 127. The lowest BCUT2D eigenvalue weighted by molar-refractivity contribution is -0.142. The van der Waals surface area contributed by atoms with Crippen molar-refractivity contribution in [2.24, 2.45) is 4.99 Å². The number of hydrogen-bond donors (Lipinski definition) is 1. The minimum absolute atomic E-state index is 0. The van der Waals surface area contributed by atoms with Crippen LogP contribution >= 0.6 is 24.0 Å². The van der Waals surface area contributed by atoms with Crippen molar-refractivity contribution in [3.8, 4) is 0 Å². The summed E-state index contributed by atoms with van der Waals surface area (Å²) in [6, 6.07) is 0. The fraction of sp³-hybridized carbons (Fsp3) is 0.750. The number of nitrogens with zero attached hydrogens (tertiary/aromatic N) is 5. The largest absolute Gasteiger partial charge is 0.368 e. The van der Waals surface area contributed by atoms with Crippen LogP contribution in [0.25, 0.3) is 0 Å². The van der Waals surface area contributed by atoms with Gasteiger partial charge in [0.25, 0.3) is 5.91 Å². The highest BCUT2D eigenvalue weighted by Gasteiger charge is 2.30. The minimum atomic E-state index is -0.241. The molecule has 3 rings (SSSR count). The molecule has 2 fully saturated rings. The molecule has 1 amide bonds. The number of aromatic nitrogens is 2. The van der Waals surface area contributed by atoms with Crippen molar-refractivity contribution in [3.63, 3.8) is 0 Å². The Morgan fingerprint density at radius 2 is 2.04 bits per heavy atom. The Bertz CT molecular complexity index is 609. The average Bonchev–Trinajstić information content (AvgIpc) is 3.30. The molecule has 0 radical (unpaired) electrons. The molecular formula is C16H27IN6O3. The van der Waals surface area contributed by atoms with E-state index in [0.29, 0.717) is 38.0 Å². The number of amides is 1. The first-order valence-corrected chi connectivity index (χ1v) is 8.90. The van der Waals surface area contributed by atoms with Crippen molar-refractivity contribution in [3.05, 3.63) is 11.7 Å². The number of hydrogen-bond acceptors (Lipinski definition) is 6. The number of ether oxygens (including phenoxy) is 1. The zero-order valence-electron chi connectivity index (χ0n) is 15.3. The summed E-state index contributed by atoms with van der Waals surface area (Å²) >= 11 is 0. The second kappa shape index (κ2) is 10.0. The lowest BCUT2D eigenvalue weighted by atomic mass is 10.2. The van der Waals surface area contributed by atoms with Crippen LogP contribution in [0.3, 0.4) is 0 Å². The summed E-state index contributed by atoms with van der Waals surface area (Å²) in [6.45, 7) is 8.49. The van der Waals surface area contributed by atoms with Gasteiger partial charge in [0, 0.05) is 39.3 Å². The van der Waals surface area contributed by atoms with Gasteiger partial charge in [0.1, 0.15) is 12.6 Å². The molecule has 2 aliphatic heterocycles. The number of carbonyl (C=O) groups excluding carboxylic acids is 1. The van der Waals surface area contributed by atoms with E-state index in [1.54, 1.807) is 6.92 Å². The molecule has 9 nitrogen and oxygen atoms in total. The van der Waals surface area contributed by atoms with E-state index in [4.69, 9.17) is 9.26 Å². The molecule has 1 aromatic rings. The van der Waals surface area contributed by atoms with E-state index in [-0.39, 0.29) is 36.0 Å². The summed E-state index contributed by atoms with van der Waals surface area (Å²) in [5.41, 5.74) is 0. The highest BCUT2D eigenvalue weighted by Crippen LogP contribution is 2.16. The molecule has 146 valence electrons. The molecule has 0 saturated carbocycles. The van der Waals surface area contributed by atoms with Crippen molar-refractivity contribution in [2.75, 3.05) is 39.3 Å². The summed E-state index contributed by atoms with van der Waals surface area (Å²) in [4.78, 5) is 25.2. The first-order valence-electron chi connectivity index (χ1n) is 8.90. The van der Waals surface area contributed by atoms with E-state index in [1.807, 2.05) is 11.8 Å². The van der Waals surface area contributed by atoms with E-state index in [0.717, 1.165) is 38.4 Å². The number of piperazine rings is 1. The summed E-state index contributed by atoms with van der Waals surface area (Å²) in [5.74, 6) is 2.04. The molecular weight excluding hydrogens is 451 g/mol. The van der Waals surface area contributed by atoms with Crippen LogP contribution in [0.5, 0.6) is 0 Å². The SMILES string of the molecule is CCNC(=NCc1nc(C)no1)N1CCN(C(=O)C2CCCO2)CC1.I. The fourth-order valence-electron chi connectivity index (χ4n) is 3.09.